The molecule has 1 aromatic carbocycles. The van der Waals surface area contributed by atoms with Gasteiger partial charge in [0.1, 0.15) is 6.54 Å². The molecule has 0 saturated carbocycles. The maximum Gasteiger partial charge on any atom is 0.323 e. The average molecular weight is 728 g/mol. The molecule has 0 spiro atoms. The van der Waals surface area contributed by atoms with E-state index in [0.717, 1.165) is 0 Å². The molecule has 0 aliphatic carbocycles. The van der Waals surface area contributed by atoms with Crippen LogP contribution in [0.25, 0.3) is 0 Å². The molecule has 10 nitrogen and oxygen atoms in total. The lowest BCUT2D eigenvalue weighted by Crippen LogP contribution is -2.44. The normalized spacial score (nSPS) is 10.2. The molecule has 0 bridgehead atoms. The quantitative estimate of drug-likeness (QED) is 0.316. The van der Waals surface area contributed by atoms with E-state index < -0.39 is 42.7 Å². The minimum absolute atomic E-state index is 0.0768. The second kappa shape index (κ2) is 10.6. The Morgan fingerprint density at radius 1 is 1.04 bits per heavy atom. The van der Waals surface area contributed by atoms with Crippen LogP contribution in [0.4, 0.5) is 5.69 Å². The van der Waals surface area contributed by atoms with Crippen molar-refractivity contribution in [3.63, 3.8) is 0 Å². The van der Waals surface area contributed by atoms with Crippen molar-refractivity contribution in [3.8, 4) is 0 Å². The van der Waals surface area contributed by atoms with Gasteiger partial charge in [-0.25, -0.2) is 0 Å². The monoisotopic (exact) mass is 728 g/mol. The van der Waals surface area contributed by atoms with Crippen molar-refractivity contribution in [1.82, 2.24) is 10.2 Å². The fourth-order valence-electron chi connectivity index (χ4n) is 2.12. The second-order valence-corrected chi connectivity index (χ2v) is 8.45. The number of benzene rings is 1. The van der Waals surface area contributed by atoms with Crippen LogP contribution in [0, 0.1) is 10.7 Å². The summed E-state index contributed by atoms with van der Waals surface area (Å²) in [5.41, 5.74) is 5.55. The fraction of sp³-hybridized carbons (Fsp3) is 0.267. The maximum absolute atomic E-state index is 13.1. The van der Waals surface area contributed by atoms with Gasteiger partial charge in [0, 0.05) is 17.5 Å². The molecule has 4 amide bonds. The Morgan fingerprint density at radius 3 is 2.00 bits per heavy atom. The van der Waals surface area contributed by atoms with Crippen LogP contribution in [0.2, 0.25) is 0 Å². The number of carbonyl (C=O) groups excluding carboxylic acids is 4. The molecule has 0 saturated heterocycles. The molecule has 0 aliphatic heterocycles. The zero-order valence-corrected chi connectivity index (χ0v) is 21.0. The third kappa shape index (κ3) is 5.50. The van der Waals surface area contributed by atoms with Crippen molar-refractivity contribution in [2.24, 2.45) is 5.73 Å². The van der Waals surface area contributed by atoms with Crippen LogP contribution in [-0.2, 0) is 14.4 Å². The van der Waals surface area contributed by atoms with Crippen molar-refractivity contribution in [3.05, 3.63) is 21.8 Å². The number of amides is 4. The van der Waals surface area contributed by atoms with Gasteiger partial charge < -0.3 is 21.5 Å². The van der Waals surface area contributed by atoms with E-state index in [1.165, 1.54) is 14.0 Å². The summed E-state index contributed by atoms with van der Waals surface area (Å²) in [4.78, 5) is 60.7. The lowest BCUT2D eigenvalue weighted by atomic mass is 10.1. The van der Waals surface area contributed by atoms with Crippen molar-refractivity contribution >= 4 is 103 Å². The van der Waals surface area contributed by atoms with Crippen LogP contribution < -0.4 is 16.4 Å². The minimum atomic E-state index is -1.40. The Kier molecular flexibility index (Phi) is 9.47. The van der Waals surface area contributed by atoms with E-state index in [9.17, 15) is 24.0 Å². The van der Waals surface area contributed by atoms with Gasteiger partial charge in [0.05, 0.1) is 30.5 Å². The van der Waals surface area contributed by atoms with Crippen LogP contribution in [-0.4, -0.2) is 59.7 Å². The predicted octanol–water partition coefficient (Wildman–Crippen LogP) is 0.830. The average Bonchev–Trinajstić information content (AvgIpc) is 2.61. The summed E-state index contributed by atoms with van der Waals surface area (Å²) in [6, 6.07) is 0. The fourth-order valence-corrected chi connectivity index (χ4v) is 6.50. The van der Waals surface area contributed by atoms with Gasteiger partial charge in [-0.05, 0) is 67.8 Å². The maximum atomic E-state index is 13.1. The van der Waals surface area contributed by atoms with E-state index in [1.807, 2.05) is 22.6 Å². The molecule has 0 fully saturated rings. The Balaban J connectivity index is 3.83. The van der Waals surface area contributed by atoms with E-state index in [4.69, 9.17) is 10.8 Å². The van der Waals surface area contributed by atoms with Gasteiger partial charge in [-0.2, -0.15) is 0 Å². The first kappa shape index (κ1) is 25.0. The third-order valence-electron chi connectivity index (χ3n) is 3.30. The number of imide groups is 1. The summed E-state index contributed by atoms with van der Waals surface area (Å²) in [6.45, 7) is -0.199. The first-order chi connectivity index (χ1) is 13.0. The van der Waals surface area contributed by atoms with Crippen LogP contribution in [0.5, 0.6) is 0 Å². The number of carbonyl (C=O) groups is 5. The second-order valence-electron chi connectivity index (χ2n) is 5.21. The molecule has 0 radical (unpaired) electrons. The molecule has 152 valence electrons. The number of hydrogen-bond donors (Lipinski definition) is 4. The first-order valence-electron chi connectivity index (χ1n) is 7.44. The Bertz CT molecular complexity index is 874. The lowest BCUT2D eigenvalue weighted by Gasteiger charge is -2.23. The Morgan fingerprint density at radius 2 is 1.57 bits per heavy atom. The van der Waals surface area contributed by atoms with Crippen LogP contribution in [0.1, 0.15) is 27.6 Å². The molecule has 0 aromatic heterocycles. The molecule has 13 heteroatoms. The summed E-state index contributed by atoms with van der Waals surface area (Å²) in [5, 5.41) is 14.1. The van der Waals surface area contributed by atoms with E-state index in [-0.39, 0.29) is 24.0 Å². The van der Waals surface area contributed by atoms with E-state index in [2.05, 4.69) is 10.6 Å². The Labute approximate surface area is 200 Å². The van der Waals surface area contributed by atoms with E-state index in [0.29, 0.717) is 8.47 Å². The molecule has 0 heterocycles. The van der Waals surface area contributed by atoms with Crippen molar-refractivity contribution in [2.75, 3.05) is 25.5 Å². The van der Waals surface area contributed by atoms with Gasteiger partial charge in [0.25, 0.3) is 11.8 Å². The molecule has 1 rings (SSSR count). The van der Waals surface area contributed by atoms with E-state index in [1.54, 1.807) is 45.2 Å². The molecular weight excluding hydrogens is 713 g/mol. The van der Waals surface area contributed by atoms with Gasteiger partial charge in [-0.1, -0.05) is 0 Å². The zero-order chi connectivity index (χ0) is 21.8. The number of carboxylic acids is 1. The molecular formula is C15H15I3N4O6. The van der Waals surface area contributed by atoms with E-state index >= 15 is 0 Å². The van der Waals surface area contributed by atoms with Gasteiger partial charge in [-0.15, -0.1) is 0 Å². The number of rotatable bonds is 6. The van der Waals surface area contributed by atoms with Crippen LogP contribution >= 0.6 is 67.8 Å². The summed E-state index contributed by atoms with van der Waals surface area (Å²) >= 11 is 5.45. The number of hydrogen-bond acceptors (Lipinski definition) is 6. The van der Waals surface area contributed by atoms with Crippen LogP contribution in [0.3, 0.4) is 0 Å². The summed E-state index contributed by atoms with van der Waals surface area (Å²) in [6.07, 6.45) is 0. The van der Waals surface area contributed by atoms with Crippen molar-refractivity contribution in [2.45, 2.75) is 6.92 Å². The zero-order valence-electron chi connectivity index (χ0n) is 14.6. The highest BCUT2D eigenvalue weighted by Crippen LogP contribution is 2.36. The largest absolute Gasteiger partial charge is 0.480 e. The number of carboxylic acid groups (broad SMARTS) is 1. The van der Waals surface area contributed by atoms with Gasteiger partial charge in [0.2, 0.25) is 11.8 Å². The third-order valence-corrected chi connectivity index (χ3v) is 6.54. The smallest absolute Gasteiger partial charge is 0.323 e. The topological polar surface area (TPSA) is 159 Å². The van der Waals surface area contributed by atoms with Crippen LogP contribution in [0.15, 0.2) is 0 Å². The number of aliphatic carboxylic acids is 1. The minimum Gasteiger partial charge on any atom is -0.480 e. The first-order valence-corrected chi connectivity index (χ1v) is 10.7. The number of nitrogens with zero attached hydrogens (tertiary/aromatic N) is 1. The number of anilines is 1. The molecule has 0 unspecified atom stereocenters. The van der Waals surface area contributed by atoms with Gasteiger partial charge >= 0.3 is 5.97 Å². The van der Waals surface area contributed by atoms with Crippen molar-refractivity contribution < 1.29 is 29.1 Å². The molecule has 0 atom stereocenters. The predicted molar refractivity (Wildman–Crippen MR) is 125 cm³/mol. The highest BCUT2D eigenvalue weighted by molar-refractivity contribution is 14.1. The molecule has 1 aromatic rings. The van der Waals surface area contributed by atoms with Gasteiger partial charge in [-0.3, -0.25) is 28.9 Å². The number of nitrogens with one attached hydrogen (secondary N) is 2. The Hall–Kier alpha value is -1.08. The molecule has 28 heavy (non-hydrogen) atoms. The summed E-state index contributed by atoms with van der Waals surface area (Å²) in [7, 11) is 1.40. The highest BCUT2D eigenvalue weighted by atomic mass is 127. The number of halogens is 3. The van der Waals surface area contributed by atoms with Crippen molar-refractivity contribution in [1.29, 1.82) is 0 Å². The summed E-state index contributed by atoms with van der Waals surface area (Å²) in [5.74, 6) is -4.17. The lowest BCUT2D eigenvalue weighted by molar-refractivity contribution is -0.142. The molecule has 0 aliphatic rings. The molecule has 5 N–H and O–H groups in total. The highest BCUT2D eigenvalue weighted by Gasteiger charge is 2.32. The standard InChI is InChI=1S/C15H15I3N4O6/c1-5(23)21-13-11(17)8(14(27)20-2)10(16)9(12(13)18)15(28)22(4-7(25)26)6(24)3-19/h3-4,19H2,1-2H3,(H,20,27)(H,21,23)(H,25,26). The number of nitrogens with two attached hydrogens (primary N) is 1. The SMILES string of the molecule is CNC(=O)c1c(I)c(NC(C)=O)c(I)c(C(=O)N(CC(=O)O)C(=O)CN)c1I. The summed E-state index contributed by atoms with van der Waals surface area (Å²) < 4.78 is 0.872. The van der Waals surface area contributed by atoms with Gasteiger partial charge in [0.15, 0.2) is 0 Å².